The maximum absolute atomic E-state index is 12.3. The first-order valence-corrected chi connectivity index (χ1v) is 7.58. The zero-order valence-corrected chi connectivity index (χ0v) is 13.6. The van der Waals surface area contributed by atoms with E-state index in [-0.39, 0.29) is 11.5 Å². The number of benzene rings is 1. The van der Waals surface area contributed by atoms with E-state index in [0.29, 0.717) is 17.8 Å². The number of hydrogen-bond donors (Lipinski definition) is 1. The molecule has 21 heavy (non-hydrogen) atoms. The molecule has 0 fully saturated rings. The molecule has 2 aromatic rings. The van der Waals surface area contributed by atoms with Crippen molar-refractivity contribution in [3.63, 3.8) is 0 Å². The molecule has 0 saturated carbocycles. The highest BCUT2D eigenvalue weighted by atomic mass is 79.9. The van der Waals surface area contributed by atoms with Gasteiger partial charge in [-0.2, -0.15) is 0 Å². The number of amides is 1. The van der Waals surface area contributed by atoms with Crippen LogP contribution in [0.25, 0.3) is 0 Å². The van der Waals surface area contributed by atoms with Gasteiger partial charge in [0.25, 0.3) is 11.5 Å². The lowest BCUT2D eigenvalue weighted by atomic mass is 10.1. The summed E-state index contributed by atoms with van der Waals surface area (Å²) in [5.41, 5.74) is 2.14. The molecule has 0 aliphatic rings. The van der Waals surface area contributed by atoms with Crippen molar-refractivity contribution in [2.45, 2.75) is 26.8 Å². The Balaban J connectivity index is 2.23. The molecule has 1 amide bonds. The van der Waals surface area contributed by atoms with Crippen LogP contribution in [-0.2, 0) is 6.54 Å². The summed E-state index contributed by atoms with van der Waals surface area (Å²) < 4.78 is 2.46. The molecule has 2 rings (SSSR count). The molecule has 1 aromatic carbocycles. The van der Waals surface area contributed by atoms with Crippen molar-refractivity contribution in [3.8, 4) is 0 Å². The number of rotatable bonds is 4. The van der Waals surface area contributed by atoms with Crippen LogP contribution in [0.5, 0.6) is 0 Å². The minimum Gasteiger partial charge on any atom is -0.321 e. The van der Waals surface area contributed by atoms with Crippen LogP contribution in [0.2, 0.25) is 0 Å². The van der Waals surface area contributed by atoms with Crippen molar-refractivity contribution in [3.05, 3.63) is 62.5 Å². The molecule has 1 N–H and O–H groups in total. The van der Waals surface area contributed by atoms with Crippen LogP contribution in [0.1, 0.15) is 29.3 Å². The number of nitrogens with one attached hydrogen (secondary N) is 1. The van der Waals surface area contributed by atoms with Gasteiger partial charge in [0, 0.05) is 28.8 Å². The summed E-state index contributed by atoms with van der Waals surface area (Å²) in [5, 5.41) is 2.82. The zero-order valence-electron chi connectivity index (χ0n) is 12.0. The van der Waals surface area contributed by atoms with Crippen LogP contribution in [0.3, 0.4) is 0 Å². The van der Waals surface area contributed by atoms with E-state index >= 15 is 0 Å². The fourth-order valence-electron chi connectivity index (χ4n) is 2.09. The lowest BCUT2D eigenvalue weighted by Crippen LogP contribution is -2.20. The molecule has 1 aromatic heterocycles. The number of carbonyl (C=O) groups is 1. The van der Waals surface area contributed by atoms with Gasteiger partial charge in [-0.05, 0) is 43.2 Å². The molecule has 4 nitrogen and oxygen atoms in total. The van der Waals surface area contributed by atoms with Gasteiger partial charge in [-0.25, -0.2) is 0 Å². The van der Waals surface area contributed by atoms with Crippen molar-refractivity contribution in [2.75, 3.05) is 5.32 Å². The van der Waals surface area contributed by atoms with E-state index in [2.05, 4.69) is 21.2 Å². The van der Waals surface area contributed by atoms with E-state index < -0.39 is 0 Å². The number of anilines is 1. The van der Waals surface area contributed by atoms with E-state index in [1.54, 1.807) is 22.9 Å². The van der Waals surface area contributed by atoms with Crippen LogP contribution >= 0.6 is 15.9 Å². The summed E-state index contributed by atoms with van der Waals surface area (Å²) in [5.74, 6) is -0.193. The van der Waals surface area contributed by atoms with Crippen LogP contribution in [0.4, 0.5) is 5.69 Å². The highest BCUT2D eigenvalue weighted by Gasteiger charge is 2.08. The van der Waals surface area contributed by atoms with Gasteiger partial charge in [-0.3, -0.25) is 9.59 Å². The second kappa shape index (κ2) is 6.72. The molecular formula is C16H17BrN2O2. The Morgan fingerprint density at radius 3 is 2.71 bits per heavy atom. The fourth-order valence-corrected chi connectivity index (χ4v) is 2.70. The number of aromatic nitrogens is 1. The number of hydrogen-bond acceptors (Lipinski definition) is 2. The quantitative estimate of drug-likeness (QED) is 0.917. The molecule has 0 radical (unpaired) electrons. The Morgan fingerprint density at radius 1 is 1.29 bits per heavy atom. The van der Waals surface area contributed by atoms with Crippen molar-refractivity contribution in [2.24, 2.45) is 0 Å². The molecular weight excluding hydrogens is 332 g/mol. The number of carbonyl (C=O) groups excluding carboxylic acids is 1. The van der Waals surface area contributed by atoms with E-state index in [9.17, 15) is 9.59 Å². The molecule has 0 bridgehead atoms. The van der Waals surface area contributed by atoms with Crippen molar-refractivity contribution in [1.82, 2.24) is 4.57 Å². The molecule has 0 aliphatic heterocycles. The fraction of sp³-hybridized carbons (Fsp3) is 0.250. The smallest absolute Gasteiger partial charge is 0.255 e. The topological polar surface area (TPSA) is 51.1 Å². The van der Waals surface area contributed by atoms with Gasteiger partial charge in [0.1, 0.15) is 0 Å². The minimum absolute atomic E-state index is 0.0619. The molecule has 110 valence electrons. The van der Waals surface area contributed by atoms with E-state index in [0.717, 1.165) is 16.5 Å². The third kappa shape index (κ3) is 4.04. The third-order valence-corrected chi connectivity index (χ3v) is 3.47. The van der Waals surface area contributed by atoms with Gasteiger partial charge in [0.05, 0.1) is 5.69 Å². The van der Waals surface area contributed by atoms with E-state index in [4.69, 9.17) is 0 Å². The molecule has 0 spiro atoms. The summed E-state index contributed by atoms with van der Waals surface area (Å²) in [6.45, 7) is 4.57. The first kappa shape index (κ1) is 15.5. The third-order valence-electron chi connectivity index (χ3n) is 3.01. The molecule has 0 atom stereocenters. The van der Waals surface area contributed by atoms with Crippen LogP contribution in [0.15, 0.2) is 45.8 Å². The average molecular weight is 349 g/mol. The summed E-state index contributed by atoms with van der Waals surface area (Å²) in [7, 11) is 0. The maximum atomic E-state index is 12.3. The number of aryl methyl sites for hydroxylation is 2. The molecule has 0 aliphatic carbocycles. The van der Waals surface area contributed by atoms with Crippen molar-refractivity contribution >= 4 is 27.5 Å². The first-order chi connectivity index (χ1) is 9.99. The standard InChI is InChI=1S/C16H17BrN2O2/c1-3-6-19-10-14(4-5-15(19)20)18-16(21)12-7-11(2)8-13(17)9-12/h4-5,7-10H,3,6H2,1-2H3,(H,18,21). The number of nitrogens with zero attached hydrogens (tertiary/aromatic N) is 1. The van der Waals surface area contributed by atoms with Crippen LogP contribution in [-0.4, -0.2) is 10.5 Å². The predicted molar refractivity (Wildman–Crippen MR) is 87.8 cm³/mol. The number of pyridine rings is 1. The largest absolute Gasteiger partial charge is 0.321 e. The molecule has 1 heterocycles. The second-order valence-electron chi connectivity index (χ2n) is 4.92. The normalized spacial score (nSPS) is 10.4. The van der Waals surface area contributed by atoms with Crippen molar-refractivity contribution in [1.29, 1.82) is 0 Å². The summed E-state index contributed by atoms with van der Waals surface area (Å²) in [6, 6.07) is 8.62. The molecule has 0 saturated heterocycles. The molecule has 5 heteroatoms. The first-order valence-electron chi connectivity index (χ1n) is 6.78. The maximum Gasteiger partial charge on any atom is 0.255 e. The summed E-state index contributed by atoms with van der Waals surface area (Å²) in [4.78, 5) is 23.9. The number of halogens is 1. The highest BCUT2D eigenvalue weighted by molar-refractivity contribution is 9.10. The van der Waals surface area contributed by atoms with Crippen molar-refractivity contribution < 1.29 is 4.79 Å². The zero-order chi connectivity index (χ0) is 15.4. The SMILES string of the molecule is CCCn1cc(NC(=O)c2cc(C)cc(Br)c2)ccc1=O. The lowest BCUT2D eigenvalue weighted by Gasteiger charge is -2.09. The van der Waals surface area contributed by atoms with Gasteiger partial charge < -0.3 is 9.88 Å². The van der Waals surface area contributed by atoms with Crippen LogP contribution in [0, 0.1) is 6.92 Å². The van der Waals surface area contributed by atoms with Gasteiger partial charge in [-0.1, -0.05) is 22.9 Å². The van der Waals surface area contributed by atoms with Crippen LogP contribution < -0.4 is 10.9 Å². The minimum atomic E-state index is -0.193. The summed E-state index contributed by atoms with van der Waals surface area (Å²) in [6.07, 6.45) is 2.54. The average Bonchev–Trinajstić information content (AvgIpc) is 2.41. The Morgan fingerprint density at radius 2 is 2.05 bits per heavy atom. The van der Waals surface area contributed by atoms with Gasteiger partial charge in [-0.15, -0.1) is 0 Å². The van der Waals surface area contributed by atoms with E-state index in [1.807, 2.05) is 26.0 Å². The van der Waals surface area contributed by atoms with Gasteiger partial charge in [0.2, 0.25) is 0 Å². The van der Waals surface area contributed by atoms with Gasteiger partial charge in [0.15, 0.2) is 0 Å². The highest BCUT2D eigenvalue weighted by Crippen LogP contribution is 2.16. The Kier molecular flexibility index (Phi) is 4.96. The predicted octanol–water partition coefficient (Wildman–Crippen LogP) is 3.58. The molecule has 0 unspecified atom stereocenters. The Labute approximate surface area is 131 Å². The lowest BCUT2D eigenvalue weighted by molar-refractivity contribution is 0.102. The van der Waals surface area contributed by atoms with Gasteiger partial charge >= 0.3 is 0 Å². The van der Waals surface area contributed by atoms with E-state index in [1.165, 1.54) is 6.07 Å². The Bertz CT molecular complexity index is 702. The Hall–Kier alpha value is -1.88. The summed E-state index contributed by atoms with van der Waals surface area (Å²) >= 11 is 3.38. The second-order valence-corrected chi connectivity index (χ2v) is 5.84. The monoisotopic (exact) mass is 348 g/mol.